The van der Waals surface area contributed by atoms with Crippen molar-refractivity contribution in [3.63, 3.8) is 0 Å². The quantitative estimate of drug-likeness (QED) is 0.0415. The van der Waals surface area contributed by atoms with Gasteiger partial charge in [0, 0.05) is 19.4 Å². The van der Waals surface area contributed by atoms with Gasteiger partial charge in [-0.1, -0.05) is 30.3 Å². The second-order valence-electron chi connectivity index (χ2n) is 14.8. The molecule has 2 heterocycles. The molecule has 2 fully saturated rings. The zero-order valence-electron chi connectivity index (χ0n) is 33.3. The highest BCUT2D eigenvalue weighted by molar-refractivity contribution is 5.99. The second kappa shape index (κ2) is 24.1. The van der Waals surface area contributed by atoms with Crippen LogP contribution in [0.5, 0.6) is 0 Å². The number of unbranched alkanes of at least 4 members (excludes halogenated alkanes) is 1. The van der Waals surface area contributed by atoms with E-state index in [0.717, 1.165) is 0 Å². The molecule has 0 aromatic heterocycles. The summed E-state index contributed by atoms with van der Waals surface area (Å²) in [5.74, 6) is -8.99. The van der Waals surface area contributed by atoms with Gasteiger partial charge < -0.3 is 64.8 Å². The number of benzene rings is 1. The standard InChI is InChI=1S/C38H57N11O11/c39-15-5-4-10-23(44-34(55)26(19-30(41)51)47-35(56)27(20-31(42)52)46-32(53)22-11-6-16-43-22)37(58)49-17-7-12-28(49)36(57)48-25(18-21-8-2-1-3-9-21)33(54)45-24(38(59)60)13-14-29(40)50/h1-3,8-9,22-28,43H,4-7,10-20,39H2,(H2,40,50)(H2,41,51)(H2,42,52)(H,44,55)(H,45,54)(H,46,53)(H,47,56)(H,48,57)(H,59,60)/t22-,23-,24-,25-,26-,27-,28-/m0/s1. The number of hydrogen-bond acceptors (Lipinski definition) is 12. The number of likely N-dealkylation sites (tertiary alicyclic amines) is 1. The molecule has 0 spiro atoms. The van der Waals surface area contributed by atoms with E-state index in [9.17, 15) is 53.1 Å². The van der Waals surface area contributed by atoms with Crippen LogP contribution < -0.4 is 54.8 Å². The van der Waals surface area contributed by atoms with Crippen LogP contribution in [0.25, 0.3) is 0 Å². The highest BCUT2D eigenvalue weighted by atomic mass is 16.4. The molecule has 0 radical (unpaired) electrons. The molecule has 0 saturated carbocycles. The Morgan fingerprint density at radius 3 is 1.83 bits per heavy atom. The summed E-state index contributed by atoms with van der Waals surface area (Å²) in [6, 6.07) is -0.473. The summed E-state index contributed by atoms with van der Waals surface area (Å²) in [7, 11) is 0. The maximum absolute atomic E-state index is 14.2. The molecule has 0 aliphatic carbocycles. The highest BCUT2D eigenvalue weighted by Crippen LogP contribution is 2.21. The molecular formula is C38H57N11O11. The fourth-order valence-corrected chi connectivity index (χ4v) is 6.94. The number of amides is 9. The van der Waals surface area contributed by atoms with Gasteiger partial charge in [-0.15, -0.1) is 0 Å². The van der Waals surface area contributed by atoms with Gasteiger partial charge in [0.25, 0.3) is 0 Å². The third kappa shape index (κ3) is 15.5. The van der Waals surface area contributed by atoms with Crippen LogP contribution in [0.1, 0.15) is 76.2 Å². The lowest BCUT2D eigenvalue weighted by Crippen LogP contribution is -2.60. The van der Waals surface area contributed by atoms with Gasteiger partial charge in [0.1, 0.15) is 36.3 Å². The molecule has 1 aromatic carbocycles. The summed E-state index contributed by atoms with van der Waals surface area (Å²) in [6.45, 7) is 0.903. The Hall–Kier alpha value is -6.16. The van der Waals surface area contributed by atoms with Crippen LogP contribution in [-0.2, 0) is 54.4 Å². The minimum absolute atomic E-state index is 0.0273. The Balaban J connectivity index is 1.82. The number of aliphatic carboxylic acids is 1. The Labute approximate surface area is 346 Å². The first-order valence-electron chi connectivity index (χ1n) is 19.9. The summed E-state index contributed by atoms with van der Waals surface area (Å²) < 4.78 is 0. The molecule has 0 unspecified atom stereocenters. The lowest BCUT2D eigenvalue weighted by molar-refractivity contribution is -0.144. The van der Waals surface area contributed by atoms with Gasteiger partial charge in [-0.05, 0) is 70.0 Å². The number of carboxylic acid groups (broad SMARTS) is 1. The molecule has 1 aromatic rings. The topological polar surface area (TPSA) is 370 Å². The molecular weight excluding hydrogens is 786 g/mol. The zero-order chi connectivity index (χ0) is 44.4. The number of primary amides is 3. The first-order valence-corrected chi connectivity index (χ1v) is 19.9. The minimum Gasteiger partial charge on any atom is -0.480 e. The van der Waals surface area contributed by atoms with Crippen molar-refractivity contribution in [2.45, 2.75) is 119 Å². The molecule has 60 heavy (non-hydrogen) atoms. The lowest BCUT2D eigenvalue weighted by atomic mass is 10.0. The Morgan fingerprint density at radius 1 is 0.683 bits per heavy atom. The average Bonchev–Trinajstić information content (AvgIpc) is 3.92. The van der Waals surface area contributed by atoms with E-state index in [2.05, 4.69) is 31.9 Å². The van der Waals surface area contributed by atoms with E-state index < -0.39 is 114 Å². The summed E-state index contributed by atoms with van der Waals surface area (Å²) in [5, 5.41) is 25.0. The minimum atomic E-state index is -1.66. The van der Waals surface area contributed by atoms with Gasteiger partial charge in [-0.3, -0.25) is 43.2 Å². The van der Waals surface area contributed by atoms with E-state index >= 15 is 0 Å². The third-order valence-electron chi connectivity index (χ3n) is 10.1. The third-order valence-corrected chi connectivity index (χ3v) is 10.1. The summed E-state index contributed by atoms with van der Waals surface area (Å²) >= 11 is 0. The predicted octanol–water partition coefficient (Wildman–Crippen LogP) is -4.37. The number of hydrogen-bond donors (Lipinski definition) is 11. The summed E-state index contributed by atoms with van der Waals surface area (Å²) in [6.07, 6.45) is 0.503. The fraction of sp³-hybridized carbons (Fsp3) is 0.579. The zero-order valence-corrected chi connectivity index (χ0v) is 33.3. The number of nitrogens with zero attached hydrogens (tertiary/aromatic N) is 1. The van der Waals surface area contributed by atoms with Gasteiger partial charge in [0.05, 0.1) is 18.9 Å². The van der Waals surface area contributed by atoms with Crippen molar-refractivity contribution < 1.29 is 53.1 Å². The fourth-order valence-electron chi connectivity index (χ4n) is 6.94. The van der Waals surface area contributed by atoms with Gasteiger partial charge in [-0.2, -0.15) is 0 Å². The van der Waals surface area contributed by atoms with E-state index in [1.165, 1.54) is 4.90 Å². The smallest absolute Gasteiger partial charge is 0.326 e. The maximum atomic E-state index is 14.2. The molecule has 7 atom stereocenters. The van der Waals surface area contributed by atoms with Gasteiger partial charge >= 0.3 is 5.97 Å². The van der Waals surface area contributed by atoms with Crippen LogP contribution in [0.15, 0.2) is 30.3 Å². The van der Waals surface area contributed by atoms with E-state index in [4.69, 9.17) is 22.9 Å². The van der Waals surface area contributed by atoms with Crippen molar-refractivity contribution in [1.29, 1.82) is 0 Å². The number of carbonyl (C=O) groups excluding carboxylic acids is 9. The molecule has 0 bridgehead atoms. The second-order valence-corrected chi connectivity index (χ2v) is 14.8. The van der Waals surface area contributed by atoms with Crippen LogP contribution in [0.4, 0.5) is 0 Å². The normalized spacial score (nSPS) is 18.4. The molecule has 9 amide bonds. The molecule has 2 aliphatic heterocycles. The Bertz CT molecular complexity index is 1720. The molecule has 3 rings (SSSR count). The average molecular weight is 844 g/mol. The van der Waals surface area contributed by atoms with Crippen molar-refractivity contribution in [2.75, 3.05) is 19.6 Å². The number of rotatable bonds is 25. The molecule has 330 valence electrons. The monoisotopic (exact) mass is 843 g/mol. The molecule has 22 heteroatoms. The van der Waals surface area contributed by atoms with Gasteiger partial charge in [0.2, 0.25) is 53.2 Å². The summed E-state index contributed by atoms with van der Waals surface area (Å²) in [4.78, 5) is 130. The van der Waals surface area contributed by atoms with Crippen LogP contribution in [0, 0.1) is 0 Å². The Kier molecular flexibility index (Phi) is 19.3. The largest absolute Gasteiger partial charge is 0.480 e. The van der Waals surface area contributed by atoms with E-state index in [1.807, 2.05) is 0 Å². The molecule has 2 aliphatic rings. The van der Waals surface area contributed by atoms with Crippen molar-refractivity contribution in [2.24, 2.45) is 22.9 Å². The van der Waals surface area contributed by atoms with E-state index in [-0.39, 0.29) is 45.2 Å². The van der Waals surface area contributed by atoms with Crippen molar-refractivity contribution in [1.82, 2.24) is 36.8 Å². The van der Waals surface area contributed by atoms with Crippen molar-refractivity contribution in [3.8, 4) is 0 Å². The highest BCUT2D eigenvalue weighted by Gasteiger charge is 2.40. The number of carboxylic acids is 1. The first-order chi connectivity index (χ1) is 28.5. The van der Waals surface area contributed by atoms with Crippen molar-refractivity contribution >= 4 is 59.1 Å². The lowest BCUT2D eigenvalue weighted by Gasteiger charge is -2.31. The number of carbonyl (C=O) groups is 10. The van der Waals surface area contributed by atoms with E-state index in [0.29, 0.717) is 44.2 Å². The van der Waals surface area contributed by atoms with Gasteiger partial charge in [-0.25, -0.2) is 4.79 Å². The van der Waals surface area contributed by atoms with E-state index in [1.54, 1.807) is 30.3 Å². The van der Waals surface area contributed by atoms with Crippen LogP contribution >= 0.6 is 0 Å². The van der Waals surface area contributed by atoms with Crippen LogP contribution in [-0.4, -0.2) is 131 Å². The molecule has 2 saturated heterocycles. The van der Waals surface area contributed by atoms with Crippen LogP contribution in [0.3, 0.4) is 0 Å². The SMILES string of the molecule is NCCCC[C@H](NC(=O)[C@H](CC(N)=O)NC(=O)[C@H](CC(N)=O)NC(=O)[C@@H]1CCCN1)C(=O)N1CCC[C@H]1C(=O)N[C@@H](Cc1ccccc1)C(=O)N[C@@H](CCC(N)=O)C(=O)O. The molecule has 15 N–H and O–H groups in total. The summed E-state index contributed by atoms with van der Waals surface area (Å²) in [5.41, 5.74) is 22.2. The predicted molar refractivity (Wildman–Crippen MR) is 212 cm³/mol. The molecule has 22 nitrogen and oxygen atoms in total. The van der Waals surface area contributed by atoms with Gasteiger partial charge in [0.15, 0.2) is 0 Å². The number of nitrogens with one attached hydrogen (secondary N) is 6. The first kappa shape index (κ1) is 48.2. The maximum Gasteiger partial charge on any atom is 0.326 e. The van der Waals surface area contributed by atoms with Crippen molar-refractivity contribution in [3.05, 3.63) is 35.9 Å². The Morgan fingerprint density at radius 2 is 1.27 bits per heavy atom. The number of nitrogens with two attached hydrogens (primary N) is 4. The van der Waals surface area contributed by atoms with Crippen LogP contribution in [0.2, 0.25) is 0 Å².